The van der Waals surface area contributed by atoms with Crippen molar-refractivity contribution >= 4 is 5.91 Å². The van der Waals surface area contributed by atoms with Gasteiger partial charge in [-0.2, -0.15) is 0 Å². The zero-order valence-corrected chi connectivity index (χ0v) is 9.68. The molecule has 1 unspecified atom stereocenters. The van der Waals surface area contributed by atoms with Crippen molar-refractivity contribution < 1.29 is 20.1 Å². The van der Waals surface area contributed by atoms with Crippen molar-refractivity contribution in [3.63, 3.8) is 0 Å². The lowest BCUT2D eigenvalue weighted by Crippen LogP contribution is -2.32. The third kappa shape index (κ3) is 4.32. The predicted octanol–water partition coefficient (Wildman–Crippen LogP) is 0.989. The summed E-state index contributed by atoms with van der Waals surface area (Å²) in [6.45, 7) is 1.92. The van der Waals surface area contributed by atoms with Crippen molar-refractivity contribution in [2.75, 3.05) is 6.61 Å². The van der Waals surface area contributed by atoms with Gasteiger partial charge in [0, 0.05) is 24.3 Å². The van der Waals surface area contributed by atoms with Gasteiger partial charge >= 0.3 is 0 Å². The zero-order valence-electron chi connectivity index (χ0n) is 9.68. The number of phenols is 2. The van der Waals surface area contributed by atoms with Crippen LogP contribution in [0.2, 0.25) is 0 Å². The van der Waals surface area contributed by atoms with Crippen LogP contribution in [0, 0.1) is 0 Å². The molecule has 0 aromatic heterocycles. The molecule has 1 atom stereocenters. The molecule has 0 fully saturated rings. The van der Waals surface area contributed by atoms with Gasteiger partial charge < -0.3 is 20.6 Å². The molecule has 1 aromatic carbocycles. The van der Waals surface area contributed by atoms with Crippen LogP contribution >= 0.6 is 0 Å². The van der Waals surface area contributed by atoms with Gasteiger partial charge in [-0.1, -0.05) is 0 Å². The quantitative estimate of drug-likeness (QED) is 0.616. The maximum absolute atomic E-state index is 11.7. The molecule has 0 bridgehead atoms. The van der Waals surface area contributed by atoms with Crippen molar-refractivity contribution in [3.05, 3.63) is 23.8 Å². The molecular formula is C12H17NO4. The molecular weight excluding hydrogens is 222 g/mol. The first-order chi connectivity index (χ1) is 8.02. The fourth-order valence-corrected chi connectivity index (χ4v) is 1.50. The lowest BCUT2D eigenvalue weighted by molar-refractivity contribution is 0.0935. The summed E-state index contributed by atoms with van der Waals surface area (Å²) in [5.41, 5.74) is 0.207. The first kappa shape index (κ1) is 13.3. The van der Waals surface area contributed by atoms with Crippen molar-refractivity contribution in [1.82, 2.24) is 5.32 Å². The molecule has 0 spiro atoms. The first-order valence-corrected chi connectivity index (χ1v) is 5.47. The molecule has 0 aliphatic rings. The maximum atomic E-state index is 11.7. The van der Waals surface area contributed by atoms with Gasteiger partial charge in [0.2, 0.25) is 0 Å². The van der Waals surface area contributed by atoms with Gasteiger partial charge in [-0.25, -0.2) is 0 Å². The Morgan fingerprint density at radius 1 is 1.29 bits per heavy atom. The highest BCUT2D eigenvalue weighted by Crippen LogP contribution is 2.20. The van der Waals surface area contributed by atoms with Crippen LogP contribution in [-0.4, -0.2) is 33.9 Å². The number of aliphatic hydroxyl groups excluding tert-OH is 1. The van der Waals surface area contributed by atoms with E-state index in [0.717, 1.165) is 6.07 Å². The topological polar surface area (TPSA) is 89.8 Å². The zero-order chi connectivity index (χ0) is 12.8. The van der Waals surface area contributed by atoms with E-state index in [1.54, 1.807) is 0 Å². The summed E-state index contributed by atoms with van der Waals surface area (Å²) < 4.78 is 0. The number of rotatable bonds is 5. The lowest BCUT2D eigenvalue weighted by atomic mass is 10.1. The first-order valence-electron chi connectivity index (χ1n) is 5.47. The average molecular weight is 239 g/mol. The fraction of sp³-hybridized carbons (Fsp3) is 0.417. The molecule has 1 rings (SSSR count). The number of hydrogen-bond acceptors (Lipinski definition) is 4. The summed E-state index contributed by atoms with van der Waals surface area (Å²) in [6, 6.07) is 3.66. The van der Waals surface area contributed by atoms with Gasteiger partial charge in [-0.05, 0) is 31.9 Å². The Bertz CT molecular complexity index is 372. The molecule has 17 heavy (non-hydrogen) atoms. The highest BCUT2D eigenvalue weighted by atomic mass is 16.3. The second kappa shape index (κ2) is 6.10. The molecule has 94 valence electrons. The standard InChI is InChI=1S/C12H17NO4/c1-8(3-2-4-14)13-12(17)9-5-10(15)7-11(16)6-9/h5-8,14-16H,2-4H2,1H3,(H,13,17). The number of carbonyl (C=O) groups excluding carboxylic acids is 1. The molecule has 0 radical (unpaired) electrons. The van der Waals surface area contributed by atoms with Gasteiger partial charge in [0.15, 0.2) is 0 Å². The monoisotopic (exact) mass is 239 g/mol. The van der Waals surface area contributed by atoms with Gasteiger partial charge in [-0.15, -0.1) is 0 Å². The Hall–Kier alpha value is -1.75. The van der Waals surface area contributed by atoms with Gasteiger partial charge in [0.05, 0.1) is 0 Å². The Morgan fingerprint density at radius 2 is 1.88 bits per heavy atom. The van der Waals surface area contributed by atoms with E-state index in [1.165, 1.54) is 12.1 Å². The van der Waals surface area contributed by atoms with Crippen LogP contribution < -0.4 is 5.32 Å². The van der Waals surface area contributed by atoms with E-state index in [2.05, 4.69) is 5.32 Å². The molecule has 0 saturated carbocycles. The molecule has 5 heteroatoms. The minimum Gasteiger partial charge on any atom is -0.508 e. The summed E-state index contributed by atoms with van der Waals surface area (Å²) >= 11 is 0. The normalized spacial score (nSPS) is 12.1. The Labute approximate surface area is 99.7 Å². The number of aromatic hydroxyl groups is 2. The average Bonchev–Trinajstić information content (AvgIpc) is 2.25. The van der Waals surface area contributed by atoms with E-state index < -0.39 is 0 Å². The van der Waals surface area contributed by atoms with E-state index in [9.17, 15) is 15.0 Å². The Morgan fingerprint density at radius 3 is 2.41 bits per heavy atom. The molecule has 5 nitrogen and oxygen atoms in total. The van der Waals surface area contributed by atoms with Crippen molar-refractivity contribution in [2.24, 2.45) is 0 Å². The van der Waals surface area contributed by atoms with E-state index in [1.807, 2.05) is 6.92 Å². The fourth-order valence-electron chi connectivity index (χ4n) is 1.50. The van der Waals surface area contributed by atoms with Crippen LogP contribution in [0.3, 0.4) is 0 Å². The number of carbonyl (C=O) groups is 1. The highest BCUT2D eigenvalue weighted by molar-refractivity contribution is 5.95. The van der Waals surface area contributed by atoms with E-state index in [-0.39, 0.29) is 35.6 Å². The second-order valence-electron chi connectivity index (χ2n) is 3.98. The predicted molar refractivity (Wildman–Crippen MR) is 63.0 cm³/mol. The van der Waals surface area contributed by atoms with Crippen molar-refractivity contribution in [3.8, 4) is 11.5 Å². The molecule has 1 amide bonds. The minimum atomic E-state index is -0.360. The minimum absolute atomic E-state index is 0.0702. The van der Waals surface area contributed by atoms with E-state index in [4.69, 9.17) is 5.11 Å². The number of amides is 1. The molecule has 0 saturated heterocycles. The van der Waals surface area contributed by atoms with Crippen LogP contribution in [0.5, 0.6) is 11.5 Å². The number of hydrogen-bond donors (Lipinski definition) is 4. The lowest BCUT2D eigenvalue weighted by Gasteiger charge is -2.13. The third-order valence-electron chi connectivity index (χ3n) is 2.34. The largest absolute Gasteiger partial charge is 0.508 e. The number of phenolic OH excluding ortho intramolecular Hbond substituents is 2. The molecule has 1 aromatic rings. The SMILES string of the molecule is CC(CCCO)NC(=O)c1cc(O)cc(O)c1. The smallest absolute Gasteiger partial charge is 0.251 e. The summed E-state index contributed by atoms with van der Waals surface area (Å²) in [5, 5.41) is 29.9. The molecule has 0 aliphatic heterocycles. The second-order valence-corrected chi connectivity index (χ2v) is 3.98. The maximum Gasteiger partial charge on any atom is 0.251 e. The summed E-state index contributed by atoms with van der Waals surface area (Å²) in [5.74, 6) is -0.669. The Balaban J connectivity index is 2.63. The highest BCUT2D eigenvalue weighted by Gasteiger charge is 2.11. The van der Waals surface area contributed by atoms with Crippen LogP contribution in [0.1, 0.15) is 30.1 Å². The van der Waals surface area contributed by atoms with Crippen LogP contribution in [0.15, 0.2) is 18.2 Å². The summed E-state index contributed by atoms with van der Waals surface area (Å²) in [6.07, 6.45) is 1.29. The van der Waals surface area contributed by atoms with Crippen molar-refractivity contribution in [1.29, 1.82) is 0 Å². The number of benzene rings is 1. The van der Waals surface area contributed by atoms with Crippen molar-refractivity contribution in [2.45, 2.75) is 25.8 Å². The summed E-state index contributed by atoms with van der Waals surface area (Å²) in [7, 11) is 0. The molecule has 4 N–H and O–H groups in total. The van der Waals surface area contributed by atoms with Gasteiger partial charge in [0.25, 0.3) is 5.91 Å². The van der Waals surface area contributed by atoms with E-state index >= 15 is 0 Å². The van der Waals surface area contributed by atoms with Crippen LogP contribution in [0.25, 0.3) is 0 Å². The Kier molecular flexibility index (Phi) is 4.78. The van der Waals surface area contributed by atoms with Crippen LogP contribution in [0.4, 0.5) is 0 Å². The third-order valence-corrected chi connectivity index (χ3v) is 2.34. The van der Waals surface area contributed by atoms with Crippen LogP contribution in [-0.2, 0) is 0 Å². The molecule has 0 aliphatic carbocycles. The van der Waals surface area contributed by atoms with E-state index in [0.29, 0.717) is 12.8 Å². The van der Waals surface area contributed by atoms with Gasteiger partial charge in [0.1, 0.15) is 11.5 Å². The number of nitrogens with one attached hydrogen (secondary N) is 1. The number of aliphatic hydroxyl groups is 1. The van der Waals surface area contributed by atoms with Gasteiger partial charge in [-0.3, -0.25) is 4.79 Å². The molecule has 0 heterocycles. The summed E-state index contributed by atoms with van der Waals surface area (Å²) in [4.78, 5) is 11.7.